The molecular formula is C24H20ClN3O5S. The lowest BCUT2D eigenvalue weighted by atomic mass is 10.1. The molecule has 1 N–H and O–H groups in total. The van der Waals surface area contributed by atoms with E-state index in [0.29, 0.717) is 0 Å². The summed E-state index contributed by atoms with van der Waals surface area (Å²) in [5.41, 5.74) is 2.22. The first-order valence-corrected chi connectivity index (χ1v) is 11.5. The van der Waals surface area contributed by atoms with Crippen molar-refractivity contribution in [3.63, 3.8) is 0 Å². The van der Waals surface area contributed by atoms with E-state index in [4.69, 9.17) is 11.6 Å². The summed E-state index contributed by atoms with van der Waals surface area (Å²) < 4.78 is 6.73. The number of ether oxygens (including phenoxy) is 1. The standard InChI is InChI=1S/C24H20ClN3O5S/c1-3-27-12-14(16-6-4-5-7-19(16)27)10-20-22(30)28(24(32)34-20)13-21(29)26-15-8-9-18(25)17(11-15)23(31)33-2/h4-12H,3,13H2,1-2H3,(H,26,29)/b20-10-. The second-order valence-electron chi connectivity index (χ2n) is 7.39. The largest absolute Gasteiger partial charge is 0.465 e. The van der Waals surface area contributed by atoms with Crippen molar-refractivity contribution in [3.8, 4) is 0 Å². The minimum Gasteiger partial charge on any atom is -0.465 e. The molecule has 0 bridgehead atoms. The molecule has 10 heteroatoms. The van der Waals surface area contributed by atoms with E-state index in [-0.39, 0.29) is 21.2 Å². The number of carbonyl (C=O) groups excluding carboxylic acids is 4. The molecule has 0 unspecified atom stereocenters. The van der Waals surface area contributed by atoms with Crippen molar-refractivity contribution in [3.05, 3.63) is 69.7 Å². The zero-order valence-corrected chi connectivity index (χ0v) is 19.9. The minimum absolute atomic E-state index is 0.0855. The van der Waals surface area contributed by atoms with Crippen LogP contribution in [0.2, 0.25) is 5.02 Å². The predicted molar refractivity (Wildman–Crippen MR) is 132 cm³/mol. The molecule has 1 saturated heterocycles. The number of benzene rings is 2. The number of aromatic nitrogens is 1. The van der Waals surface area contributed by atoms with Gasteiger partial charge in [-0.3, -0.25) is 19.3 Å². The molecule has 0 radical (unpaired) electrons. The predicted octanol–water partition coefficient (Wildman–Crippen LogP) is 4.78. The van der Waals surface area contributed by atoms with Crippen LogP contribution in [0.3, 0.4) is 0 Å². The fourth-order valence-electron chi connectivity index (χ4n) is 3.64. The van der Waals surface area contributed by atoms with Gasteiger partial charge in [-0.25, -0.2) is 4.79 Å². The van der Waals surface area contributed by atoms with Crippen molar-refractivity contribution in [1.29, 1.82) is 0 Å². The normalized spacial score (nSPS) is 14.8. The Bertz CT molecular complexity index is 1360. The minimum atomic E-state index is -0.651. The number of para-hydroxylation sites is 1. The fourth-order valence-corrected chi connectivity index (χ4v) is 4.67. The number of amides is 3. The van der Waals surface area contributed by atoms with Crippen molar-refractivity contribution in [2.75, 3.05) is 19.0 Å². The number of fused-ring (bicyclic) bond motifs is 1. The molecule has 0 saturated carbocycles. The number of thioether (sulfide) groups is 1. The van der Waals surface area contributed by atoms with E-state index >= 15 is 0 Å². The summed E-state index contributed by atoms with van der Waals surface area (Å²) in [6.07, 6.45) is 3.61. The maximum absolute atomic E-state index is 12.9. The Labute approximate surface area is 204 Å². The number of nitrogens with zero attached hydrogens (tertiary/aromatic N) is 2. The van der Waals surface area contributed by atoms with Gasteiger partial charge in [-0.1, -0.05) is 29.8 Å². The molecule has 2 aromatic carbocycles. The van der Waals surface area contributed by atoms with Gasteiger partial charge in [0.1, 0.15) is 6.54 Å². The molecular weight excluding hydrogens is 478 g/mol. The Kier molecular flexibility index (Phi) is 6.76. The third kappa shape index (κ3) is 4.57. The van der Waals surface area contributed by atoms with Crippen LogP contribution in [-0.4, -0.2) is 46.1 Å². The average molecular weight is 498 g/mol. The smallest absolute Gasteiger partial charge is 0.339 e. The topological polar surface area (TPSA) is 97.7 Å². The molecule has 8 nitrogen and oxygen atoms in total. The van der Waals surface area contributed by atoms with Gasteiger partial charge in [0.2, 0.25) is 5.91 Å². The second-order valence-corrected chi connectivity index (χ2v) is 8.79. The summed E-state index contributed by atoms with van der Waals surface area (Å²) in [4.78, 5) is 50.9. The quantitative estimate of drug-likeness (QED) is 0.389. The van der Waals surface area contributed by atoms with E-state index in [1.54, 1.807) is 6.08 Å². The first-order valence-electron chi connectivity index (χ1n) is 10.3. The Morgan fingerprint density at radius 3 is 2.68 bits per heavy atom. The van der Waals surface area contributed by atoms with Crippen LogP contribution in [0.4, 0.5) is 10.5 Å². The van der Waals surface area contributed by atoms with E-state index in [2.05, 4.69) is 14.6 Å². The summed E-state index contributed by atoms with van der Waals surface area (Å²) >= 11 is 6.78. The van der Waals surface area contributed by atoms with Crippen molar-refractivity contribution in [2.24, 2.45) is 0 Å². The van der Waals surface area contributed by atoms with Gasteiger partial charge in [-0.05, 0) is 49.0 Å². The van der Waals surface area contributed by atoms with Crippen LogP contribution in [0.15, 0.2) is 53.6 Å². The highest BCUT2D eigenvalue weighted by atomic mass is 35.5. The zero-order valence-electron chi connectivity index (χ0n) is 18.3. The van der Waals surface area contributed by atoms with Gasteiger partial charge < -0.3 is 14.6 Å². The first-order chi connectivity index (χ1) is 16.3. The number of nitrogens with one attached hydrogen (secondary N) is 1. The van der Waals surface area contributed by atoms with Gasteiger partial charge in [0, 0.05) is 34.9 Å². The van der Waals surface area contributed by atoms with E-state index in [9.17, 15) is 19.2 Å². The molecule has 3 amide bonds. The number of halogens is 1. The van der Waals surface area contributed by atoms with Gasteiger partial charge in [0.25, 0.3) is 11.1 Å². The summed E-state index contributed by atoms with van der Waals surface area (Å²) in [5.74, 6) is -1.78. The van der Waals surface area contributed by atoms with E-state index in [0.717, 1.165) is 39.7 Å². The summed E-state index contributed by atoms with van der Waals surface area (Å²) in [6, 6.07) is 12.1. The van der Waals surface area contributed by atoms with Gasteiger partial charge in [-0.2, -0.15) is 0 Å². The molecule has 3 aromatic rings. The van der Waals surface area contributed by atoms with Gasteiger partial charge in [0.05, 0.1) is 22.6 Å². The van der Waals surface area contributed by atoms with Crippen LogP contribution in [-0.2, 0) is 20.9 Å². The third-order valence-electron chi connectivity index (χ3n) is 5.28. The summed E-state index contributed by atoms with van der Waals surface area (Å²) in [6.45, 7) is 2.32. The zero-order chi connectivity index (χ0) is 24.4. The lowest BCUT2D eigenvalue weighted by molar-refractivity contribution is -0.127. The molecule has 1 fully saturated rings. The average Bonchev–Trinajstić information content (AvgIpc) is 3.32. The number of hydrogen-bond acceptors (Lipinski definition) is 6. The van der Waals surface area contributed by atoms with Gasteiger partial charge >= 0.3 is 5.97 Å². The van der Waals surface area contributed by atoms with Crippen LogP contribution in [0.25, 0.3) is 17.0 Å². The molecule has 1 aromatic heterocycles. The fraction of sp³-hybridized carbons (Fsp3) is 0.167. The number of carbonyl (C=O) groups is 4. The van der Waals surface area contributed by atoms with Crippen LogP contribution >= 0.6 is 23.4 Å². The maximum atomic E-state index is 12.9. The highest BCUT2D eigenvalue weighted by molar-refractivity contribution is 8.18. The van der Waals surface area contributed by atoms with Crippen molar-refractivity contribution >= 4 is 69.1 Å². The molecule has 174 valence electrons. The lowest BCUT2D eigenvalue weighted by Gasteiger charge is -2.13. The van der Waals surface area contributed by atoms with E-state index in [1.165, 1.54) is 25.3 Å². The molecule has 0 atom stereocenters. The molecule has 4 rings (SSSR count). The van der Waals surface area contributed by atoms with Crippen LogP contribution < -0.4 is 5.32 Å². The number of aryl methyl sites for hydroxylation is 1. The number of imide groups is 1. The molecule has 1 aliphatic heterocycles. The summed E-state index contributed by atoms with van der Waals surface area (Å²) in [5, 5.41) is 3.18. The number of esters is 1. The van der Waals surface area contributed by atoms with Crippen molar-refractivity contribution < 1.29 is 23.9 Å². The van der Waals surface area contributed by atoms with Gasteiger partial charge in [0.15, 0.2) is 0 Å². The SMILES string of the molecule is CCn1cc(/C=C2\SC(=O)N(CC(=O)Nc3ccc(Cl)c(C(=O)OC)c3)C2=O)c2ccccc21. The van der Waals surface area contributed by atoms with Gasteiger partial charge in [-0.15, -0.1) is 0 Å². The monoisotopic (exact) mass is 497 g/mol. The second kappa shape index (κ2) is 9.74. The third-order valence-corrected chi connectivity index (χ3v) is 6.51. The number of anilines is 1. The molecule has 2 heterocycles. The Balaban J connectivity index is 1.51. The highest BCUT2D eigenvalue weighted by Crippen LogP contribution is 2.34. The highest BCUT2D eigenvalue weighted by Gasteiger charge is 2.36. The number of rotatable bonds is 6. The Morgan fingerprint density at radius 1 is 1.18 bits per heavy atom. The number of methoxy groups -OCH3 is 1. The Morgan fingerprint density at radius 2 is 1.94 bits per heavy atom. The number of hydrogen-bond donors (Lipinski definition) is 1. The molecule has 34 heavy (non-hydrogen) atoms. The molecule has 0 spiro atoms. The van der Waals surface area contributed by atoms with Crippen molar-refractivity contribution in [1.82, 2.24) is 9.47 Å². The lowest BCUT2D eigenvalue weighted by Crippen LogP contribution is -2.36. The first kappa shape index (κ1) is 23.6. The molecule has 1 aliphatic rings. The van der Waals surface area contributed by atoms with Crippen LogP contribution in [0, 0.1) is 0 Å². The summed E-state index contributed by atoms with van der Waals surface area (Å²) in [7, 11) is 1.22. The van der Waals surface area contributed by atoms with Crippen LogP contribution in [0.1, 0.15) is 22.8 Å². The van der Waals surface area contributed by atoms with E-state index in [1.807, 2.05) is 37.4 Å². The van der Waals surface area contributed by atoms with Crippen LogP contribution in [0.5, 0.6) is 0 Å². The Hall–Kier alpha value is -3.56. The van der Waals surface area contributed by atoms with Crippen molar-refractivity contribution in [2.45, 2.75) is 13.5 Å². The molecule has 0 aliphatic carbocycles. The maximum Gasteiger partial charge on any atom is 0.339 e. The van der Waals surface area contributed by atoms with E-state index < -0.39 is 29.6 Å².